The lowest BCUT2D eigenvalue weighted by atomic mass is 10.0. The molecule has 0 saturated heterocycles. The van der Waals surface area contributed by atoms with Gasteiger partial charge in [0.1, 0.15) is 0 Å². The number of aromatic hydroxyl groups is 1. The fraction of sp³-hybridized carbons (Fsp3) is 0.444. The molecule has 1 unspecified atom stereocenters. The van der Waals surface area contributed by atoms with Crippen LogP contribution in [0.4, 0.5) is 0 Å². The normalized spacial score (nSPS) is 13.0. The summed E-state index contributed by atoms with van der Waals surface area (Å²) in [5.41, 5.74) is 1.70. The summed E-state index contributed by atoms with van der Waals surface area (Å²) in [5, 5.41) is 16.8. The number of benzene rings is 1. The molecule has 1 atom stereocenters. The highest BCUT2D eigenvalue weighted by Gasteiger charge is 2.21. The van der Waals surface area contributed by atoms with E-state index >= 15 is 0 Å². The third-order valence-corrected chi connectivity index (χ3v) is 5.92. The van der Waals surface area contributed by atoms with Crippen molar-refractivity contribution in [2.45, 2.75) is 39.7 Å². The van der Waals surface area contributed by atoms with E-state index in [-0.39, 0.29) is 22.9 Å². The minimum Gasteiger partial charge on any atom is -0.504 e. The zero-order valence-corrected chi connectivity index (χ0v) is 16.2. The number of carbonyl (C=O) groups excluding carboxylic acids is 1. The second-order valence-corrected chi connectivity index (χ2v) is 9.03. The monoisotopic (exact) mass is 379 g/mol. The van der Waals surface area contributed by atoms with Crippen LogP contribution in [0.3, 0.4) is 0 Å². The standard InChI is InChI=1S/C18H25N3O4S/c1-5-26(24,25)11-13(4)19-18(23)17-16(22)10-21(20-17)15-8-6-7-14(9-15)12(2)3/h6-10,12-13,22H,5,11H2,1-4H3,(H,19,23). The molecule has 1 aromatic carbocycles. The summed E-state index contributed by atoms with van der Waals surface area (Å²) in [7, 11) is -3.21. The van der Waals surface area contributed by atoms with E-state index in [9.17, 15) is 18.3 Å². The molecule has 0 fully saturated rings. The van der Waals surface area contributed by atoms with Gasteiger partial charge in [-0.1, -0.05) is 32.9 Å². The molecule has 0 bridgehead atoms. The van der Waals surface area contributed by atoms with Crippen LogP contribution in [0.1, 0.15) is 49.7 Å². The highest BCUT2D eigenvalue weighted by Crippen LogP contribution is 2.21. The van der Waals surface area contributed by atoms with Gasteiger partial charge in [-0.2, -0.15) is 5.10 Å². The van der Waals surface area contributed by atoms with Crippen molar-refractivity contribution in [3.8, 4) is 11.4 Å². The van der Waals surface area contributed by atoms with Gasteiger partial charge in [0.15, 0.2) is 21.3 Å². The molecule has 7 nitrogen and oxygen atoms in total. The van der Waals surface area contributed by atoms with Crippen molar-refractivity contribution in [2.24, 2.45) is 0 Å². The first-order chi connectivity index (χ1) is 12.1. The average molecular weight is 379 g/mol. The number of sulfone groups is 1. The number of aromatic nitrogens is 2. The lowest BCUT2D eigenvalue weighted by molar-refractivity contribution is 0.0935. The largest absolute Gasteiger partial charge is 0.504 e. The van der Waals surface area contributed by atoms with E-state index in [1.807, 2.05) is 24.3 Å². The van der Waals surface area contributed by atoms with Crippen molar-refractivity contribution < 1.29 is 18.3 Å². The average Bonchev–Trinajstić information content (AvgIpc) is 2.96. The van der Waals surface area contributed by atoms with E-state index < -0.39 is 21.8 Å². The zero-order chi connectivity index (χ0) is 19.5. The SMILES string of the molecule is CCS(=O)(=O)CC(C)NC(=O)c1nn(-c2cccc(C(C)C)c2)cc1O. The summed E-state index contributed by atoms with van der Waals surface area (Å²) < 4.78 is 24.7. The molecular weight excluding hydrogens is 354 g/mol. The van der Waals surface area contributed by atoms with Crippen LogP contribution in [-0.4, -0.2) is 46.8 Å². The Balaban J connectivity index is 2.19. The molecule has 1 heterocycles. The Morgan fingerprint density at radius 1 is 1.31 bits per heavy atom. The van der Waals surface area contributed by atoms with E-state index in [4.69, 9.17) is 0 Å². The zero-order valence-electron chi connectivity index (χ0n) is 15.4. The summed E-state index contributed by atoms with van der Waals surface area (Å²) in [6.07, 6.45) is 1.36. The number of hydrogen-bond donors (Lipinski definition) is 2. The summed E-state index contributed by atoms with van der Waals surface area (Å²) in [5.74, 6) is -0.682. The molecule has 0 aliphatic heterocycles. The van der Waals surface area contributed by atoms with Gasteiger partial charge in [-0.05, 0) is 30.5 Å². The van der Waals surface area contributed by atoms with Gasteiger partial charge >= 0.3 is 0 Å². The van der Waals surface area contributed by atoms with Gasteiger partial charge in [-0.3, -0.25) is 4.79 Å². The van der Waals surface area contributed by atoms with E-state index in [1.165, 1.54) is 10.9 Å². The molecular formula is C18H25N3O4S. The lowest BCUT2D eigenvalue weighted by Gasteiger charge is -2.12. The Hall–Kier alpha value is -2.35. The van der Waals surface area contributed by atoms with Gasteiger partial charge in [0, 0.05) is 11.8 Å². The van der Waals surface area contributed by atoms with E-state index in [1.54, 1.807) is 13.8 Å². The Morgan fingerprint density at radius 3 is 2.62 bits per heavy atom. The van der Waals surface area contributed by atoms with Gasteiger partial charge in [-0.15, -0.1) is 0 Å². The predicted octanol–water partition coefficient (Wildman–Crippen LogP) is 2.25. The number of rotatable bonds is 7. The molecule has 0 radical (unpaired) electrons. The molecule has 2 rings (SSSR count). The summed E-state index contributed by atoms with van der Waals surface area (Å²) in [4.78, 5) is 12.3. The predicted molar refractivity (Wildman–Crippen MR) is 101 cm³/mol. The summed E-state index contributed by atoms with van der Waals surface area (Å²) in [6, 6.07) is 7.08. The van der Waals surface area contributed by atoms with Crippen LogP contribution in [0, 0.1) is 0 Å². The number of nitrogens with one attached hydrogen (secondary N) is 1. The molecule has 8 heteroatoms. The van der Waals surface area contributed by atoms with Crippen molar-refractivity contribution in [2.75, 3.05) is 11.5 Å². The number of nitrogens with zero attached hydrogens (tertiary/aromatic N) is 2. The van der Waals surface area contributed by atoms with Crippen molar-refractivity contribution in [3.63, 3.8) is 0 Å². The molecule has 1 aromatic heterocycles. The molecule has 1 amide bonds. The molecule has 0 aliphatic rings. The van der Waals surface area contributed by atoms with Crippen molar-refractivity contribution in [3.05, 3.63) is 41.7 Å². The Morgan fingerprint density at radius 2 is 2.00 bits per heavy atom. The second kappa shape index (κ2) is 7.90. The Labute approximate surface area is 154 Å². The highest BCUT2D eigenvalue weighted by atomic mass is 32.2. The van der Waals surface area contributed by atoms with Crippen LogP contribution in [0.2, 0.25) is 0 Å². The highest BCUT2D eigenvalue weighted by molar-refractivity contribution is 7.91. The maximum Gasteiger partial charge on any atom is 0.275 e. The molecule has 142 valence electrons. The smallest absolute Gasteiger partial charge is 0.275 e. The van der Waals surface area contributed by atoms with E-state index in [0.29, 0.717) is 5.92 Å². The van der Waals surface area contributed by atoms with Crippen LogP contribution in [0.15, 0.2) is 30.5 Å². The van der Waals surface area contributed by atoms with Crippen LogP contribution in [0.5, 0.6) is 5.75 Å². The molecule has 2 N–H and O–H groups in total. The van der Waals surface area contributed by atoms with Gasteiger partial charge in [-0.25, -0.2) is 13.1 Å². The first-order valence-corrected chi connectivity index (χ1v) is 10.3. The van der Waals surface area contributed by atoms with Crippen LogP contribution in [0.25, 0.3) is 5.69 Å². The van der Waals surface area contributed by atoms with Gasteiger partial charge in [0.2, 0.25) is 0 Å². The minimum absolute atomic E-state index is 0.0132. The van der Waals surface area contributed by atoms with Crippen LogP contribution >= 0.6 is 0 Å². The minimum atomic E-state index is -3.21. The third kappa shape index (κ3) is 4.85. The van der Waals surface area contributed by atoms with Gasteiger partial charge in [0.25, 0.3) is 5.91 Å². The van der Waals surface area contributed by atoms with E-state index in [2.05, 4.69) is 24.3 Å². The number of hydrogen-bond acceptors (Lipinski definition) is 5. The molecule has 26 heavy (non-hydrogen) atoms. The summed E-state index contributed by atoms with van der Waals surface area (Å²) >= 11 is 0. The molecule has 2 aromatic rings. The molecule has 0 spiro atoms. The van der Waals surface area contributed by atoms with Gasteiger partial charge < -0.3 is 10.4 Å². The fourth-order valence-electron chi connectivity index (χ4n) is 2.52. The number of carbonyl (C=O) groups is 1. The van der Waals surface area contributed by atoms with E-state index in [0.717, 1.165) is 11.3 Å². The van der Waals surface area contributed by atoms with Crippen molar-refractivity contribution >= 4 is 15.7 Å². The van der Waals surface area contributed by atoms with Crippen LogP contribution < -0.4 is 5.32 Å². The number of amides is 1. The first-order valence-electron chi connectivity index (χ1n) is 8.53. The third-order valence-electron chi connectivity index (χ3n) is 4.03. The first kappa shape index (κ1) is 20.0. The Kier molecular flexibility index (Phi) is 6.07. The van der Waals surface area contributed by atoms with Crippen molar-refractivity contribution in [1.29, 1.82) is 0 Å². The fourth-order valence-corrected chi connectivity index (χ4v) is 3.60. The second-order valence-electron chi connectivity index (χ2n) is 6.63. The topological polar surface area (TPSA) is 101 Å². The molecule has 0 aliphatic carbocycles. The maximum absolute atomic E-state index is 12.3. The van der Waals surface area contributed by atoms with Crippen molar-refractivity contribution in [1.82, 2.24) is 15.1 Å². The summed E-state index contributed by atoms with van der Waals surface area (Å²) in [6.45, 7) is 7.31. The maximum atomic E-state index is 12.3. The van der Waals surface area contributed by atoms with Crippen LogP contribution in [-0.2, 0) is 9.84 Å². The molecule has 0 saturated carbocycles. The lowest BCUT2D eigenvalue weighted by Crippen LogP contribution is -2.38. The Bertz CT molecular complexity index is 888. The quantitative estimate of drug-likeness (QED) is 0.768. The van der Waals surface area contributed by atoms with Gasteiger partial charge in [0.05, 0.1) is 17.6 Å².